The SMILES string of the molecule is CC[C@H](OC1CCCCC1)C(=O)N1C[C@H](O)C[C@@H]1c1nc(C)no1. The smallest absolute Gasteiger partial charge is 0.252 e. The second-order valence-corrected chi connectivity index (χ2v) is 6.87. The number of hydrogen-bond acceptors (Lipinski definition) is 6. The first-order valence-corrected chi connectivity index (χ1v) is 9.02. The molecule has 3 rings (SSSR count). The molecule has 1 aromatic heterocycles. The Bertz CT molecular complexity index is 556. The lowest BCUT2D eigenvalue weighted by Crippen LogP contribution is -2.42. The van der Waals surface area contributed by atoms with E-state index >= 15 is 0 Å². The minimum absolute atomic E-state index is 0.0829. The fourth-order valence-electron chi connectivity index (χ4n) is 3.69. The van der Waals surface area contributed by atoms with E-state index in [9.17, 15) is 9.90 Å². The lowest BCUT2D eigenvalue weighted by Gasteiger charge is -2.30. The second-order valence-electron chi connectivity index (χ2n) is 6.87. The molecule has 134 valence electrons. The van der Waals surface area contributed by atoms with Crippen LogP contribution in [0.2, 0.25) is 0 Å². The highest BCUT2D eigenvalue weighted by atomic mass is 16.5. The molecular formula is C17H27N3O4. The summed E-state index contributed by atoms with van der Waals surface area (Å²) < 4.78 is 11.3. The zero-order valence-electron chi connectivity index (χ0n) is 14.5. The van der Waals surface area contributed by atoms with Crippen LogP contribution in [-0.2, 0) is 9.53 Å². The lowest BCUT2D eigenvalue weighted by molar-refractivity contribution is -0.151. The van der Waals surface area contributed by atoms with Gasteiger partial charge in [0.05, 0.1) is 12.2 Å². The first-order chi connectivity index (χ1) is 11.6. The van der Waals surface area contributed by atoms with Crippen LogP contribution in [0.5, 0.6) is 0 Å². The number of aromatic nitrogens is 2. The number of aryl methyl sites for hydroxylation is 1. The number of carbonyl (C=O) groups is 1. The fourth-order valence-corrected chi connectivity index (χ4v) is 3.69. The summed E-state index contributed by atoms with van der Waals surface area (Å²) in [5, 5.41) is 13.8. The molecule has 1 amide bonds. The van der Waals surface area contributed by atoms with E-state index in [2.05, 4.69) is 10.1 Å². The predicted molar refractivity (Wildman–Crippen MR) is 86.1 cm³/mol. The van der Waals surface area contributed by atoms with Gasteiger partial charge in [0.1, 0.15) is 12.1 Å². The number of hydrogen-bond donors (Lipinski definition) is 1. The summed E-state index contributed by atoms with van der Waals surface area (Å²) in [5.74, 6) is 0.842. The van der Waals surface area contributed by atoms with Crippen molar-refractivity contribution < 1.29 is 19.2 Å². The first-order valence-electron chi connectivity index (χ1n) is 9.02. The molecule has 2 fully saturated rings. The molecule has 2 aliphatic rings. The van der Waals surface area contributed by atoms with Gasteiger partial charge in [-0.3, -0.25) is 4.79 Å². The van der Waals surface area contributed by atoms with Gasteiger partial charge in [0, 0.05) is 13.0 Å². The van der Waals surface area contributed by atoms with Crippen LogP contribution in [0.4, 0.5) is 0 Å². The number of likely N-dealkylation sites (tertiary alicyclic amines) is 1. The third kappa shape index (κ3) is 3.78. The number of rotatable bonds is 5. The van der Waals surface area contributed by atoms with E-state index in [1.165, 1.54) is 19.3 Å². The summed E-state index contributed by atoms with van der Waals surface area (Å²) in [4.78, 5) is 18.9. The molecule has 0 bridgehead atoms. The van der Waals surface area contributed by atoms with Gasteiger partial charge in [0.2, 0.25) is 5.89 Å². The van der Waals surface area contributed by atoms with E-state index in [-0.39, 0.29) is 24.6 Å². The van der Waals surface area contributed by atoms with Crippen molar-refractivity contribution in [1.82, 2.24) is 15.0 Å². The lowest BCUT2D eigenvalue weighted by atomic mass is 9.97. The fraction of sp³-hybridized carbons (Fsp3) is 0.824. The van der Waals surface area contributed by atoms with Gasteiger partial charge >= 0.3 is 0 Å². The molecule has 1 N–H and O–H groups in total. The molecule has 24 heavy (non-hydrogen) atoms. The van der Waals surface area contributed by atoms with Crippen LogP contribution in [0.15, 0.2) is 4.52 Å². The van der Waals surface area contributed by atoms with E-state index in [0.29, 0.717) is 24.6 Å². The molecule has 0 spiro atoms. The molecule has 3 atom stereocenters. The van der Waals surface area contributed by atoms with Crippen LogP contribution in [0, 0.1) is 6.92 Å². The van der Waals surface area contributed by atoms with Gasteiger partial charge in [-0.05, 0) is 26.2 Å². The van der Waals surface area contributed by atoms with E-state index in [1.807, 2.05) is 6.92 Å². The summed E-state index contributed by atoms with van der Waals surface area (Å²) in [7, 11) is 0. The van der Waals surface area contributed by atoms with Crippen LogP contribution in [0.1, 0.15) is 69.6 Å². The van der Waals surface area contributed by atoms with Gasteiger partial charge in [-0.2, -0.15) is 4.98 Å². The number of ether oxygens (including phenoxy) is 1. The molecule has 1 saturated heterocycles. The summed E-state index contributed by atoms with van der Waals surface area (Å²) in [5.41, 5.74) is 0. The van der Waals surface area contributed by atoms with Crippen molar-refractivity contribution in [3.05, 3.63) is 11.7 Å². The molecule has 1 aliphatic heterocycles. The third-order valence-electron chi connectivity index (χ3n) is 4.95. The molecular weight excluding hydrogens is 310 g/mol. The quantitative estimate of drug-likeness (QED) is 0.885. The average Bonchev–Trinajstić information content (AvgIpc) is 3.18. The van der Waals surface area contributed by atoms with Crippen LogP contribution in [0.3, 0.4) is 0 Å². The monoisotopic (exact) mass is 337 g/mol. The van der Waals surface area contributed by atoms with Crippen molar-refractivity contribution >= 4 is 5.91 Å². The third-order valence-corrected chi connectivity index (χ3v) is 4.95. The van der Waals surface area contributed by atoms with Crippen LogP contribution in [-0.4, -0.2) is 50.9 Å². The normalized spacial score (nSPS) is 26.7. The summed E-state index contributed by atoms with van der Waals surface area (Å²) in [6.45, 7) is 3.99. The van der Waals surface area contributed by atoms with Gasteiger partial charge in [-0.1, -0.05) is 31.3 Å². The highest BCUT2D eigenvalue weighted by molar-refractivity contribution is 5.81. The second kappa shape index (κ2) is 7.61. The molecule has 0 unspecified atom stereocenters. The molecule has 1 saturated carbocycles. The van der Waals surface area contributed by atoms with Gasteiger partial charge < -0.3 is 19.3 Å². The van der Waals surface area contributed by atoms with Crippen LogP contribution >= 0.6 is 0 Å². The van der Waals surface area contributed by atoms with Crippen molar-refractivity contribution in [2.75, 3.05) is 6.54 Å². The minimum Gasteiger partial charge on any atom is -0.391 e. The number of amides is 1. The molecule has 1 aromatic rings. The van der Waals surface area contributed by atoms with Crippen molar-refractivity contribution in [2.24, 2.45) is 0 Å². The van der Waals surface area contributed by atoms with E-state index in [1.54, 1.807) is 11.8 Å². The largest absolute Gasteiger partial charge is 0.391 e. The standard InChI is InChI=1S/C17H27N3O4/c1-3-15(23-13-7-5-4-6-8-13)17(22)20-10-12(21)9-14(20)16-18-11(2)19-24-16/h12-15,21H,3-10H2,1-2H3/t12-,14-,15+/m1/s1. The highest BCUT2D eigenvalue weighted by Gasteiger charge is 2.41. The van der Waals surface area contributed by atoms with Crippen molar-refractivity contribution in [2.45, 2.75) is 83.1 Å². The Morgan fingerprint density at radius 3 is 2.79 bits per heavy atom. The van der Waals surface area contributed by atoms with Crippen molar-refractivity contribution in [1.29, 1.82) is 0 Å². The summed E-state index contributed by atoms with van der Waals surface area (Å²) >= 11 is 0. The maximum atomic E-state index is 13.0. The van der Waals surface area contributed by atoms with Gasteiger partial charge in [-0.25, -0.2) is 0 Å². The zero-order valence-corrected chi connectivity index (χ0v) is 14.5. The number of nitrogens with zero attached hydrogens (tertiary/aromatic N) is 3. The number of carbonyl (C=O) groups excluding carboxylic acids is 1. The average molecular weight is 337 g/mol. The van der Waals surface area contributed by atoms with Crippen molar-refractivity contribution in [3.8, 4) is 0 Å². The number of β-amino-alcohol motifs (C(OH)–C–C–N with tert-alkyl or cyclic N) is 1. The Morgan fingerprint density at radius 1 is 1.42 bits per heavy atom. The summed E-state index contributed by atoms with van der Waals surface area (Å²) in [6, 6.07) is -0.363. The molecule has 2 heterocycles. The molecule has 7 nitrogen and oxygen atoms in total. The van der Waals surface area contributed by atoms with Crippen LogP contribution < -0.4 is 0 Å². The maximum Gasteiger partial charge on any atom is 0.252 e. The predicted octanol–water partition coefficient (Wildman–Crippen LogP) is 2.14. The maximum absolute atomic E-state index is 13.0. The Morgan fingerprint density at radius 2 is 2.17 bits per heavy atom. The molecule has 1 aliphatic carbocycles. The van der Waals surface area contributed by atoms with E-state index in [4.69, 9.17) is 9.26 Å². The molecule has 7 heteroatoms. The van der Waals surface area contributed by atoms with Gasteiger partial charge in [0.25, 0.3) is 5.91 Å². The van der Waals surface area contributed by atoms with E-state index < -0.39 is 12.2 Å². The number of aliphatic hydroxyl groups is 1. The molecule has 0 aromatic carbocycles. The minimum atomic E-state index is -0.571. The van der Waals surface area contributed by atoms with Gasteiger partial charge in [-0.15, -0.1) is 0 Å². The Balaban J connectivity index is 1.70. The highest BCUT2D eigenvalue weighted by Crippen LogP contribution is 2.33. The Labute approximate surface area is 142 Å². The first kappa shape index (κ1) is 17.4. The zero-order chi connectivity index (χ0) is 17.1. The molecule has 0 radical (unpaired) electrons. The topological polar surface area (TPSA) is 88.7 Å². The van der Waals surface area contributed by atoms with E-state index in [0.717, 1.165) is 12.8 Å². The Hall–Kier alpha value is -1.47. The van der Waals surface area contributed by atoms with Crippen LogP contribution in [0.25, 0.3) is 0 Å². The van der Waals surface area contributed by atoms with Crippen molar-refractivity contribution in [3.63, 3.8) is 0 Å². The number of aliphatic hydroxyl groups excluding tert-OH is 1. The Kier molecular flexibility index (Phi) is 5.50. The summed E-state index contributed by atoms with van der Waals surface area (Å²) in [6.07, 6.45) is 5.82. The van der Waals surface area contributed by atoms with Gasteiger partial charge in [0.15, 0.2) is 5.82 Å².